The number of phenolic OH excluding ortho intramolecular Hbond substituents is 1. The predicted molar refractivity (Wildman–Crippen MR) is 62.9 cm³/mol. The summed E-state index contributed by atoms with van der Waals surface area (Å²) < 4.78 is 13.6. The van der Waals surface area contributed by atoms with E-state index in [0.717, 1.165) is 6.07 Å². The highest BCUT2D eigenvalue weighted by molar-refractivity contribution is 6.30. The summed E-state index contributed by atoms with van der Waals surface area (Å²) in [6.45, 7) is 0. The number of hydrogen-bond donors (Lipinski definition) is 2. The van der Waals surface area contributed by atoms with Crippen LogP contribution >= 0.6 is 11.6 Å². The van der Waals surface area contributed by atoms with Crippen molar-refractivity contribution in [1.29, 1.82) is 0 Å². The summed E-state index contributed by atoms with van der Waals surface area (Å²) in [4.78, 5) is 0. The molecular formula is C12H9ClFNO. The van der Waals surface area contributed by atoms with Crippen LogP contribution in [0.5, 0.6) is 5.75 Å². The molecule has 2 rings (SSSR count). The van der Waals surface area contributed by atoms with Gasteiger partial charge in [-0.05, 0) is 23.8 Å². The number of rotatable bonds is 1. The minimum Gasteiger partial charge on any atom is -0.506 e. The average molecular weight is 238 g/mol. The lowest BCUT2D eigenvalue weighted by molar-refractivity contribution is 0.476. The van der Waals surface area contributed by atoms with Gasteiger partial charge in [0.1, 0.15) is 11.6 Å². The van der Waals surface area contributed by atoms with Crippen LogP contribution in [0.2, 0.25) is 5.02 Å². The molecule has 0 atom stereocenters. The second-order valence-electron chi connectivity index (χ2n) is 3.40. The smallest absolute Gasteiger partial charge is 0.139 e. The summed E-state index contributed by atoms with van der Waals surface area (Å²) in [5.74, 6) is -0.607. The molecule has 0 aromatic heterocycles. The molecule has 0 saturated carbocycles. The SMILES string of the molecule is Nc1cc(F)c(-c2ccc(Cl)cc2)cc1O. The lowest BCUT2D eigenvalue weighted by Gasteiger charge is -2.06. The fourth-order valence-electron chi connectivity index (χ4n) is 1.43. The number of nitrogens with two attached hydrogens (primary N) is 1. The molecule has 0 aliphatic rings. The quantitative estimate of drug-likeness (QED) is 0.590. The van der Waals surface area contributed by atoms with E-state index in [0.29, 0.717) is 16.1 Å². The first kappa shape index (κ1) is 10.8. The Hall–Kier alpha value is -1.74. The van der Waals surface area contributed by atoms with Gasteiger partial charge < -0.3 is 10.8 Å². The van der Waals surface area contributed by atoms with E-state index >= 15 is 0 Å². The van der Waals surface area contributed by atoms with Gasteiger partial charge in [-0.2, -0.15) is 0 Å². The van der Waals surface area contributed by atoms with Crippen LogP contribution in [-0.2, 0) is 0 Å². The first-order valence-electron chi connectivity index (χ1n) is 4.62. The molecule has 0 bridgehead atoms. The van der Waals surface area contributed by atoms with Crippen molar-refractivity contribution in [2.24, 2.45) is 0 Å². The van der Waals surface area contributed by atoms with Gasteiger partial charge in [0.2, 0.25) is 0 Å². The molecule has 0 unspecified atom stereocenters. The second-order valence-corrected chi connectivity index (χ2v) is 3.83. The summed E-state index contributed by atoms with van der Waals surface area (Å²) in [5.41, 5.74) is 6.34. The van der Waals surface area contributed by atoms with Gasteiger partial charge in [0.15, 0.2) is 0 Å². The Kier molecular flexibility index (Phi) is 2.71. The number of aromatic hydroxyl groups is 1. The van der Waals surface area contributed by atoms with Crippen molar-refractivity contribution in [1.82, 2.24) is 0 Å². The van der Waals surface area contributed by atoms with Gasteiger partial charge in [-0.3, -0.25) is 0 Å². The Balaban J connectivity index is 2.56. The summed E-state index contributed by atoms with van der Waals surface area (Å²) >= 11 is 5.73. The monoisotopic (exact) mass is 237 g/mol. The number of halogens is 2. The van der Waals surface area contributed by atoms with Gasteiger partial charge in [-0.25, -0.2) is 4.39 Å². The molecule has 0 saturated heterocycles. The van der Waals surface area contributed by atoms with E-state index in [1.165, 1.54) is 6.07 Å². The van der Waals surface area contributed by atoms with E-state index in [-0.39, 0.29) is 11.4 Å². The molecule has 2 nitrogen and oxygen atoms in total. The van der Waals surface area contributed by atoms with Gasteiger partial charge in [0, 0.05) is 16.7 Å². The highest BCUT2D eigenvalue weighted by Crippen LogP contribution is 2.31. The van der Waals surface area contributed by atoms with Crippen molar-refractivity contribution < 1.29 is 9.50 Å². The zero-order valence-corrected chi connectivity index (χ0v) is 9.00. The molecule has 0 fully saturated rings. The minimum atomic E-state index is -0.474. The van der Waals surface area contributed by atoms with Crippen molar-refractivity contribution in [3.05, 3.63) is 47.2 Å². The number of anilines is 1. The van der Waals surface area contributed by atoms with Gasteiger partial charge in [0.05, 0.1) is 5.69 Å². The summed E-state index contributed by atoms with van der Waals surface area (Å²) in [7, 11) is 0. The standard InChI is InChI=1S/C12H9ClFNO/c13-8-3-1-7(2-4-8)9-5-12(16)11(15)6-10(9)14/h1-6,16H,15H2. The molecule has 0 amide bonds. The van der Waals surface area contributed by atoms with E-state index in [1.54, 1.807) is 24.3 Å². The topological polar surface area (TPSA) is 46.2 Å². The summed E-state index contributed by atoms with van der Waals surface area (Å²) in [6, 6.07) is 9.06. The molecule has 0 aliphatic heterocycles. The first-order valence-corrected chi connectivity index (χ1v) is 4.99. The number of benzene rings is 2. The fraction of sp³-hybridized carbons (Fsp3) is 0. The van der Waals surface area contributed by atoms with Crippen LogP contribution in [0.25, 0.3) is 11.1 Å². The normalized spacial score (nSPS) is 10.4. The molecule has 2 aromatic rings. The zero-order chi connectivity index (χ0) is 11.7. The number of hydrogen-bond acceptors (Lipinski definition) is 2. The van der Waals surface area contributed by atoms with Crippen molar-refractivity contribution >= 4 is 17.3 Å². The molecule has 3 N–H and O–H groups in total. The first-order chi connectivity index (χ1) is 7.58. The van der Waals surface area contributed by atoms with Crippen LogP contribution in [0.15, 0.2) is 36.4 Å². The van der Waals surface area contributed by atoms with Gasteiger partial charge >= 0.3 is 0 Å². The molecular weight excluding hydrogens is 229 g/mol. The Morgan fingerprint density at radius 3 is 2.38 bits per heavy atom. The highest BCUT2D eigenvalue weighted by atomic mass is 35.5. The minimum absolute atomic E-state index is 0.0233. The van der Waals surface area contributed by atoms with Crippen LogP contribution in [-0.4, -0.2) is 5.11 Å². The lowest BCUT2D eigenvalue weighted by atomic mass is 10.0. The van der Waals surface area contributed by atoms with Gasteiger partial charge in [-0.1, -0.05) is 23.7 Å². The Morgan fingerprint density at radius 2 is 1.75 bits per heavy atom. The van der Waals surface area contributed by atoms with E-state index in [4.69, 9.17) is 17.3 Å². The van der Waals surface area contributed by atoms with Crippen molar-refractivity contribution in [3.63, 3.8) is 0 Å². The van der Waals surface area contributed by atoms with E-state index in [9.17, 15) is 9.50 Å². The van der Waals surface area contributed by atoms with Crippen LogP contribution < -0.4 is 5.73 Å². The fourth-order valence-corrected chi connectivity index (χ4v) is 1.55. The van der Waals surface area contributed by atoms with E-state index in [2.05, 4.69) is 0 Å². The van der Waals surface area contributed by atoms with Crippen LogP contribution in [0.4, 0.5) is 10.1 Å². The van der Waals surface area contributed by atoms with Crippen LogP contribution in [0.3, 0.4) is 0 Å². The maximum atomic E-state index is 13.6. The molecule has 0 heterocycles. The molecule has 0 radical (unpaired) electrons. The molecule has 0 aliphatic carbocycles. The van der Waals surface area contributed by atoms with Crippen LogP contribution in [0, 0.1) is 5.82 Å². The van der Waals surface area contributed by atoms with Crippen molar-refractivity contribution in [3.8, 4) is 16.9 Å². The molecule has 2 aromatic carbocycles. The predicted octanol–water partition coefficient (Wildman–Crippen LogP) is 3.43. The maximum absolute atomic E-state index is 13.6. The Labute approximate surface area is 97.1 Å². The third-order valence-corrected chi connectivity index (χ3v) is 2.52. The average Bonchev–Trinajstić information content (AvgIpc) is 2.25. The molecule has 16 heavy (non-hydrogen) atoms. The Bertz CT molecular complexity index is 525. The maximum Gasteiger partial charge on any atom is 0.139 e. The third kappa shape index (κ3) is 1.95. The van der Waals surface area contributed by atoms with Gasteiger partial charge in [0.25, 0.3) is 0 Å². The number of phenols is 1. The Morgan fingerprint density at radius 1 is 1.12 bits per heavy atom. The van der Waals surface area contributed by atoms with Gasteiger partial charge in [-0.15, -0.1) is 0 Å². The molecule has 82 valence electrons. The largest absolute Gasteiger partial charge is 0.506 e. The number of nitrogen functional groups attached to an aromatic ring is 1. The molecule has 0 spiro atoms. The van der Waals surface area contributed by atoms with E-state index in [1.807, 2.05) is 0 Å². The second kappa shape index (κ2) is 4.02. The van der Waals surface area contributed by atoms with Crippen molar-refractivity contribution in [2.45, 2.75) is 0 Å². The molecule has 4 heteroatoms. The van der Waals surface area contributed by atoms with E-state index < -0.39 is 5.82 Å². The zero-order valence-electron chi connectivity index (χ0n) is 8.24. The van der Waals surface area contributed by atoms with Crippen LogP contribution in [0.1, 0.15) is 0 Å². The summed E-state index contributed by atoms with van der Waals surface area (Å²) in [6.07, 6.45) is 0. The lowest BCUT2D eigenvalue weighted by Crippen LogP contribution is -1.90. The summed E-state index contributed by atoms with van der Waals surface area (Å²) in [5, 5.41) is 10.00. The van der Waals surface area contributed by atoms with Crippen molar-refractivity contribution in [2.75, 3.05) is 5.73 Å². The highest BCUT2D eigenvalue weighted by Gasteiger charge is 2.08. The third-order valence-electron chi connectivity index (χ3n) is 2.27.